The Hall–Kier alpha value is -1.75. The van der Waals surface area contributed by atoms with Crippen LogP contribution < -0.4 is 5.73 Å². The van der Waals surface area contributed by atoms with Crippen LogP contribution in [0.5, 0.6) is 0 Å². The smallest absolute Gasteiger partial charge is 0.151 e. The van der Waals surface area contributed by atoms with Gasteiger partial charge >= 0.3 is 0 Å². The summed E-state index contributed by atoms with van der Waals surface area (Å²) >= 11 is 0. The summed E-state index contributed by atoms with van der Waals surface area (Å²) < 4.78 is 15.9. The Morgan fingerprint density at radius 1 is 1.30 bits per heavy atom. The van der Waals surface area contributed by atoms with Gasteiger partial charge in [0.1, 0.15) is 11.6 Å². The van der Waals surface area contributed by atoms with E-state index < -0.39 is 0 Å². The van der Waals surface area contributed by atoms with Gasteiger partial charge in [0.05, 0.1) is 5.69 Å². The molecule has 0 radical (unpaired) electrons. The van der Waals surface area contributed by atoms with E-state index in [0.29, 0.717) is 12.0 Å². The second kappa shape index (κ2) is 6.13. The fourth-order valence-corrected chi connectivity index (χ4v) is 2.23. The van der Waals surface area contributed by atoms with Crippen molar-refractivity contribution in [2.45, 2.75) is 46.1 Å². The maximum Gasteiger partial charge on any atom is 0.151 e. The predicted molar refractivity (Wildman–Crippen MR) is 77.4 cm³/mol. The molecule has 5 heteroatoms. The zero-order chi connectivity index (χ0) is 14.7. The maximum absolute atomic E-state index is 14.1. The van der Waals surface area contributed by atoms with Gasteiger partial charge in [-0.1, -0.05) is 19.9 Å². The Balaban J connectivity index is 2.57. The van der Waals surface area contributed by atoms with Crippen molar-refractivity contribution in [3.05, 3.63) is 41.2 Å². The van der Waals surface area contributed by atoms with Gasteiger partial charge in [-0.2, -0.15) is 5.10 Å². The number of rotatable bonds is 5. The summed E-state index contributed by atoms with van der Waals surface area (Å²) in [4.78, 5) is 4.47. The van der Waals surface area contributed by atoms with E-state index in [1.165, 1.54) is 6.07 Å². The quantitative estimate of drug-likeness (QED) is 0.912. The van der Waals surface area contributed by atoms with Crippen LogP contribution in [-0.4, -0.2) is 20.8 Å². The zero-order valence-corrected chi connectivity index (χ0v) is 12.2. The van der Waals surface area contributed by atoms with Gasteiger partial charge in [0, 0.05) is 24.4 Å². The van der Waals surface area contributed by atoms with Crippen molar-refractivity contribution < 1.29 is 4.39 Å². The number of aromatic nitrogens is 3. The van der Waals surface area contributed by atoms with Gasteiger partial charge in [-0.25, -0.2) is 14.1 Å². The van der Waals surface area contributed by atoms with Crippen molar-refractivity contribution in [1.82, 2.24) is 14.8 Å². The van der Waals surface area contributed by atoms with Crippen LogP contribution >= 0.6 is 0 Å². The van der Waals surface area contributed by atoms with Crippen molar-refractivity contribution in [1.29, 1.82) is 0 Å². The van der Waals surface area contributed by atoms with Crippen LogP contribution in [0, 0.1) is 5.82 Å². The number of hydrogen-bond acceptors (Lipinski definition) is 3. The first-order valence-electron chi connectivity index (χ1n) is 7.04. The van der Waals surface area contributed by atoms with Crippen LogP contribution in [0.15, 0.2) is 18.2 Å². The molecule has 1 heterocycles. The van der Waals surface area contributed by atoms with Gasteiger partial charge < -0.3 is 5.73 Å². The number of benzene rings is 1. The molecule has 0 aliphatic heterocycles. The predicted octanol–water partition coefficient (Wildman–Crippen LogP) is 2.42. The van der Waals surface area contributed by atoms with Crippen LogP contribution in [0.3, 0.4) is 0 Å². The average Bonchev–Trinajstić information content (AvgIpc) is 2.84. The molecule has 0 saturated carbocycles. The monoisotopic (exact) mass is 276 g/mol. The first-order chi connectivity index (χ1) is 9.56. The molecule has 0 bridgehead atoms. The van der Waals surface area contributed by atoms with Crippen molar-refractivity contribution in [2.75, 3.05) is 0 Å². The van der Waals surface area contributed by atoms with Gasteiger partial charge in [0.2, 0.25) is 0 Å². The first kappa shape index (κ1) is 14.7. The third-order valence-corrected chi connectivity index (χ3v) is 3.20. The number of hydrogen-bond donors (Lipinski definition) is 1. The van der Waals surface area contributed by atoms with Gasteiger partial charge in [0.25, 0.3) is 0 Å². The lowest BCUT2D eigenvalue weighted by Gasteiger charge is -2.13. The molecule has 4 nitrogen and oxygen atoms in total. The average molecular weight is 276 g/mol. The van der Waals surface area contributed by atoms with Gasteiger partial charge in [-0.05, 0) is 25.5 Å². The molecule has 0 aliphatic rings. The molecule has 1 atom stereocenters. The van der Waals surface area contributed by atoms with E-state index in [9.17, 15) is 4.39 Å². The molecule has 20 heavy (non-hydrogen) atoms. The molecule has 0 amide bonds. The lowest BCUT2D eigenvalue weighted by atomic mass is 10.0. The lowest BCUT2D eigenvalue weighted by molar-refractivity contribution is 0.590. The van der Waals surface area contributed by atoms with E-state index in [1.807, 2.05) is 26.8 Å². The van der Waals surface area contributed by atoms with E-state index in [2.05, 4.69) is 10.1 Å². The third-order valence-electron chi connectivity index (χ3n) is 3.20. The second-order valence-corrected chi connectivity index (χ2v) is 4.98. The van der Waals surface area contributed by atoms with Crippen molar-refractivity contribution >= 4 is 0 Å². The number of aryl methyl sites for hydroxylation is 2. The van der Waals surface area contributed by atoms with Gasteiger partial charge in [-0.15, -0.1) is 0 Å². The molecular weight excluding hydrogens is 255 g/mol. The largest absolute Gasteiger partial charge is 0.328 e. The van der Waals surface area contributed by atoms with Crippen LogP contribution in [0.1, 0.15) is 38.0 Å². The Kier molecular flexibility index (Phi) is 4.49. The standard InChI is InChI=1S/C15H21FN4/c1-4-14-18-15(5-2)20(19-14)13-8-6-7-12(16)11(13)9-10(3)17/h6-8,10H,4-5,9,17H2,1-3H3. The van der Waals surface area contributed by atoms with Gasteiger partial charge in [0.15, 0.2) is 5.82 Å². The molecule has 0 spiro atoms. The Bertz CT molecular complexity index is 590. The van der Waals surface area contributed by atoms with Gasteiger partial charge in [-0.3, -0.25) is 0 Å². The fourth-order valence-electron chi connectivity index (χ4n) is 2.23. The molecule has 2 N–H and O–H groups in total. The minimum atomic E-state index is -0.240. The highest BCUT2D eigenvalue weighted by molar-refractivity contribution is 5.42. The molecule has 2 rings (SSSR count). The summed E-state index contributed by atoms with van der Waals surface area (Å²) in [5, 5.41) is 4.48. The highest BCUT2D eigenvalue weighted by Gasteiger charge is 2.16. The summed E-state index contributed by atoms with van der Waals surface area (Å²) in [6.45, 7) is 5.90. The number of nitrogens with two attached hydrogens (primary N) is 1. The van der Waals surface area contributed by atoms with Crippen LogP contribution in [-0.2, 0) is 19.3 Å². The Labute approximate surface area is 118 Å². The summed E-state index contributed by atoms with van der Waals surface area (Å²) in [5.74, 6) is 1.38. The maximum atomic E-state index is 14.1. The minimum absolute atomic E-state index is 0.107. The summed E-state index contributed by atoms with van der Waals surface area (Å²) in [6.07, 6.45) is 1.99. The van der Waals surface area contributed by atoms with Crippen molar-refractivity contribution in [3.63, 3.8) is 0 Å². The Morgan fingerprint density at radius 3 is 2.65 bits per heavy atom. The zero-order valence-electron chi connectivity index (χ0n) is 12.2. The first-order valence-corrected chi connectivity index (χ1v) is 7.04. The molecule has 1 aromatic heterocycles. The summed E-state index contributed by atoms with van der Waals surface area (Å²) in [6, 6.07) is 4.92. The molecule has 0 saturated heterocycles. The lowest BCUT2D eigenvalue weighted by Crippen LogP contribution is -2.20. The highest BCUT2D eigenvalue weighted by Crippen LogP contribution is 2.21. The number of nitrogens with zero attached hydrogens (tertiary/aromatic N) is 3. The van der Waals surface area contributed by atoms with E-state index in [-0.39, 0.29) is 11.9 Å². The molecule has 0 aliphatic carbocycles. The summed E-state index contributed by atoms with van der Waals surface area (Å²) in [7, 11) is 0. The van der Waals surface area contributed by atoms with E-state index in [4.69, 9.17) is 5.73 Å². The van der Waals surface area contributed by atoms with Crippen LogP contribution in [0.2, 0.25) is 0 Å². The molecule has 0 fully saturated rings. The fraction of sp³-hybridized carbons (Fsp3) is 0.467. The van der Waals surface area contributed by atoms with Crippen LogP contribution in [0.25, 0.3) is 5.69 Å². The van der Waals surface area contributed by atoms with Crippen molar-refractivity contribution in [3.8, 4) is 5.69 Å². The molecule has 108 valence electrons. The van der Waals surface area contributed by atoms with E-state index in [0.717, 1.165) is 30.2 Å². The molecule has 1 aromatic carbocycles. The molecule has 1 unspecified atom stereocenters. The van der Waals surface area contributed by atoms with Crippen molar-refractivity contribution in [2.24, 2.45) is 5.73 Å². The Morgan fingerprint density at radius 2 is 2.05 bits per heavy atom. The number of halogens is 1. The SMILES string of the molecule is CCc1nc(CC)n(-c2cccc(F)c2CC(C)N)n1. The molecule has 2 aromatic rings. The van der Waals surface area contributed by atoms with E-state index in [1.54, 1.807) is 10.7 Å². The normalized spacial score (nSPS) is 12.7. The summed E-state index contributed by atoms with van der Waals surface area (Å²) in [5.41, 5.74) is 7.17. The third kappa shape index (κ3) is 2.88. The second-order valence-electron chi connectivity index (χ2n) is 4.98. The topological polar surface area (TPSA) is 56.7 Å². The highest BCUT2D eigenvalue weighted by atomic mass is 19.1. The van der Waals surface area contributed by atoms with E-state index >= 15 is 0 Å². The minimum Gasteiger partial charge on any atom is -0.328 e. The van der Waals surface area contributed by atoms with Crippen LogP contribution in [0.4, 0.5) is 4.39 Å². The molecular formula is C15H21FN4.